The normalized spacial score (nSPS) is 14.7. The van der Waals surface area contributed by atoms with Gasteiger partial charge in [0.1, 0.15) is 0 Å². The summed E-state index contributed by atoms with van der Waals surface area (Å²) in [5.41, 5.74) is 1.99. The van der Waals surface area contributed by atoms with Crippen molar-refractivity contribution < 1.29 is 5.21 Å². The molecule has 0 spiro atoms. The van der Waals surface area contributed by atoms with Gasteiger partial charge in [-0.3, -0.25) is 5.21 Å². The highest BCUT2D eigenvalue weighted by molar-refractivity contribution is 5.94. The molecular formula is C11H15N3O. The van der Waals surface area contributed by atoms with Crippen molar-refractivity contribution in [3.63, 3.8) is 0 Å². The molecular weight excluding hydrogens is 190 g/mol. The van der Waals surface area contributed by atoms with Crippen LogP contribution in [0, 0.1) is 0 Å². The van der Waals surface area contributed by atoms with Crippen LogP contribution in [0.2, 0.25) is 0 Å². The van der Waals surface area contributed by atoms with E-state index in [1.54, 1.807) is 0 Å². The minimum Gasteiger partial charge on any atom is -0.352 e. The van der Waals surface area contributed by atoms with E-state index < -0.39 is 0 Å². The van der Waals surface area contributed by atoms with E-state index >= 15 is 0 Å². The number of aryl methyl sites for hydroxylation is 1. The molecule has 15 heavy (non-hydrogen) atoms. The average molecular weight is 205 g/mol. The van der Waals surface area contributed by atoms with Gasteiger partial charge in [0, 0.05) is 6.54 Å². The molecule has 0 saturated heterocycles. The number of nitrogens with zero attached hydrogens (tertiary/aromatic N) is 2. The summed E-state index contributed by atoms with van der Waals surface area (Å²) in [5.74, 6) is 0.527. The Labute approximate surface area is 89.2 Å². The lowest BCUT2D eigenvalue weighted by molar-refractivity contribution is 0.309. The van der Waals surface area contributed by atoms with Gasteiger partial charge in [-0.1, -0.05) is 19.1 Å². The molecule has 4 nitrogen and oxygen atoms in total. The first kappa shape index (κ1) is 9.98. The number of rotatable bonds is 2. The Hall–Kier alpha value is -1.55. The fourth-order valence-electron chi connectivity index (χ4n) is 1.52. The molecule has 1 aliphatic rings. The van der Waals surface area contributed by atoms with Crippen LogP contribution in [0.5, 0.6) is 0 Å². The summed E-state index contributed by atoms with van der Waals surface area (Å²) in [5, 5.41) is 13.9. The molecule has 0 aliphatic carbocycles. The maximum Gasteiger partial charge on any atom is 0.223 e. The Balaban J connectivity index is 2.14. The maximum absolute atomic E-state index is 9.82. The van der Waals surface area contributed by atoms with Gasteiger partial charge in [-0.25, -0.2) is 4.99 Å². The lowest BCUT2D eigenvalue weighted by Gasteiger charge is -2.16. The van der Waals surface area contributed by atoms with Crippen LogP contribution in [-0.2, 0) is 6.42 Å². The fraction of sp³-hybridized carbons (Fsp3) is 0.364. The number of hydrogen-bond donors (Lipinski definition) is 2. The SMILES string of the molecule is CCc1ccc(N(O)C2=NCCN2)cc1. The first-order chi connectivity index (χ1) is 7.31. The number of hydrogen-bond acceptors (Lipinski definition) is 4. The predicted octanol–water partition coefficient (Wildman–Crippen LogP) is 1.40. The quantitative estimate of drug-likeness (QED) is 0.717. The molecule has 2 rings (SSSR count). The van der Waals surface area contributed by atoms with Crippen molar-refractivity contribution in [3.05, 3.63) is 29.8 Å². The van der Waals surface area contributed by atoms with Gasteiger partial charge in [-0.05, 0) is 24.1 Å². The molecule has 1 aliphatic heterocycles. The Morgan fingerprint density at radius 3 is 2.67 bits per heavy atom. The highest BCUT2D eigenvalue weighted by Crippen LogP contribution is 2.14. The molecule has 1 aromatic carbocycles. The van der Waals surface area contributed by atoms with Gasteiger partial charge in [0.2, 0.25) is 5.96 Å². The van der Waals surface area contributed by atoms with Crippen molar-refractivity contribution in [2.75, 3.05) is 18.2 Å². The average Bonchev–Trinajstić information content (AvgIpc) is 2.82. The van der Waals surface area contributed by atoms with Gasteiger partial charge in [-0.2, -0.15) is 5.06 Å². The molecule has 4 heteroatoms. The molecule has 0 unspecified atom stereocenters. The second-order valence-electron chi connectivity index (χ2n) is 3.46. The molecule has 0 saturated carbocycles. The summed E-state index contributed by atoms with van der Waals surface area (Å²) in [6.45, 7) is 3.62. The van der Waals surface area contributed by atoms with Crippen molar-refractivity contribution in [2.45, 2.75) is 13.3 Å². The second kappa shape index (κ2) is 4.31. The number of benzene rings is 1. The largest absolute Gasteiger partial charge is 0.352 e. The van der Waals surface area contributed by atoms with E-state index in [-0.39, 0.29) is 0 Å². The van der Waals surface area contributed by atoms with Crippen LogP contribution in [0.25, 0.3) is 0 Å². The third-order valence-electron chi connectivity index (χ3n) is 2.45. The topological polar surface area (TPSA) is 47.9 Å². The lowest BCUT2D eigenvalue weighted by Crippen LogP contribution is -2.36. The third kappa shape index (κ3) is 2.10. The summed E-state index contributed by atoms with van der Waals surface area (Å²) in [7, 11) is 0. The molecule has 0 bridgehead atoms. The standard InChI is InChI=1S/C11H15N3O/c1-2-9-3-5-10(6-4-9)14(15)11-12-7-8-13-11/h3-6,15H,2,7-8H2,1H3,(H,12,13). The summed E-state index contributed by atoms with van der Waals surface area (Å²) in [6.07, 6.45) is 1.00. The Bertz CT molecular complexity index is 359. The second-order valence-corrected chi connectivity index (χ2v) is 3.46. The highest BCUT2D eigenvalue weighted by Gasteiger charge is 2.13. The van der Waals surface area contributed by atoms with Gasteiger partial charge in [0.15, 0.2) is 0 Å². The van der Waals surface area contributed by atoms with E-state index in [0.717, 1.165) is 30.3 Å². The molecule has 0 fully saturated rings. The third-order valence-corrected chi connectivity index (χ3v) is 2.45. The van der Waals surface area contributed by atoms with Crippen LogP contribution in [-0.4, -0.2) is 24.3 Å². The van der Waals surface area contributed by atoms with Crippen LogP contribution in [0.4, 0.5) is 5.69 Å². The Kier molecular flexibility index (Phi) is 2.87. The van der Waals surface area contributed by atoms with Crippen molar-refractivity contribution in [1.29, 1.82) is 0 Å². The van der Waals surface area contributed by atoms with Crippen LogP contribution < -0.4 is 10.4 Å². The Morgan fingerprint density at radius 1 is 1.40 bits per heavy atom. The van der Waals surface area contributed by atoms with Crippen molar-refractivity contribution in [2.24, 2.45) is 4.99 Å². The number of nitrogens with one attached hydrogen (secondary N) is 1. The van der Waals surface area contributed by atoms with Crippen molar-refractivity contribution in [3.8, 4) is 0 Å². The summed E-state index contributed by atoms with van der Waals surface area (Å²) in [4.78, 5) is 4.14. The van der Waals surface area contributed by atoms with Crippen LogP contribution in [0.15, 0.2) is 29.3 Å². The summed E-state index contributed by atoms with van der Waals surface area (Å²) < 4.78 is 0. The van der Waals surface area contributed by atoms with Crippen LogP contribution in [0.1, 0.15) is 12.5 Å². The lowest BCUT2D eigenvalue weighted by atomic mass is 10.1. The van der Waals surface area contributed by atoms with Crippen molar-refractivity contribution in [1.82, 2.24) is 5.32 Å². The molecule has 0 radical (unpaired) electrons. The molecule has 0 atom stereocenters. The van der Waals surface area contributed by atoms with E-state index in [1.165, 1.54) is 5.56 Å². The fourth-order valence-corrected chi connectivity index (χ4v) is 1.52. The van der Waals surface area contributed by atoms with Crippen LogP contribution >= 0.6 is 0 Å². The molecule has 80 valence electrons. The van der Waals surface area contributed by atoms with E-state index in [9.17, 15) is 5.21 Å². The zero-order chi connectivity index (χ0) is 10.7. The van der Waals surface area contributed by atoms with E-state index in [0.29, 0.717) is 5.96 Å². The molecule has 1 heterocycles. The minimum atomic E-state index is 0.527. The van der Waals surface area contributed by atoms with Crippen molar-refractivity contribution >= 4 is 11.6 Å². The highest BCUT2D eigenvalue weighted by atomic mass is 16.5. The Morgan fingerprint density at radius 2 is 2.13 bits per heavy atom. The number of hydroxylamine groups is 1. The predicted molar refractivity (Wildman–Crippen MR) is 60.4 cm³/mol. The van der Waals surface area contributed by atoms with Gasteiger partial charge < -0.3 is 5.32 Å². The van der Waals surface area contributed by atoms with Gasteiger partial charge in [0.05, 0.1) is 12.2 Å². The molecule has 2 N–H and O–H groups in total. The van der Waals surface area contributed by atoms with Gasteiger partial charge in [-0.15, -0.1) is 0 Å². The number of aliphatic imine (C=N–C) groups is 1. The van der Waals surface area contributed by atoms with E-state index in [1.807, 2.05) is 24.3 Å². The molecule has 0 amide bonds. The van der Waals surface area contributed by atoms with Crippen LogP contribution in [0.3, 0.4) is 0 Å². The van der Waals surface area contributed by atoms with E-state index in [2.05, 4.69) is 17.2 Å². The zero-order valence-electron chi connectivity index (χ0n) is 8.77. The molecule has 0 aromatic heterocycles. The smallest absolute Gasteiger partial charge is 0.223 e. The van der Waals surface area contributed by atoms with Gasteiger partial charge >= 0.3 is 0 Å². The number of guanidine groups is 1. The zero-order valence-corrected chi connectivity index (χ0v) is 8.77. The summed E-state index contributed by atoms with van der Waals surface area (Å²) in [6, 6.07) is 7.80. The van der Waals surface area contributed by atoms with Gasteiger partial charge in [0.25, 0.3) is 0 Å². The summed E-state index contributed by atoms with van der Waals surface area (Å²) >= 11 is 0. The minimum absolute atomic E-state index is 0.527. The first-order valence-electron chi connectivity index (χ1n) is 5.17. The first-order valence-corrected chi connectivity index (χ1v) is 5.17. The molecule has 1 aromatic rings. The monoisotopic (exact) mass is 205 g/mol. The number of anilines is 1. The maximum atomic E-state index is 9.82. The van der Waals surface area contributed by atoms with E-state index in [4.69, 9.17) is 0 Å².